The second-order valence-corrected chi connectivity index (χ2v) is 4.57. The zero-order chi connectivity index (χ0) is 12.0. The highest BCUT2D eigenvalue weighted by atomic mass is 16.4. The predicted octanol–water partition coefficient (Wildman–Crippen LogP) is 0.129. The second-order valence-electron chi connectivity index (χ2n) is 4.57. The highest BCUT2D eigenvalue weighted by Gasteiger charge is 2.60. The maximum absolute atomic E-state index is 11.0. The topological polar surface area (TPSA) is 112 Å². The van der Waals surface area contributed by atoms with E-state index < -0.39 is 41.6 Å². The fourth-order valence-electron chi connectivity index (χ4n) is 3.34. The molecule has 0 amide bonds. The van der Waals surface area contributed by atoms with Gasteiger partial charge in [-0.3, -0.25) is 14.4 Å². The van der Waals surface area contributed by atoms with Gasteiger partial charge in [-0.25, -0.2) is 0 Å². The molecule has 16 heavy (non-hydrogen) atoms. The van der Waals surface area contributed by atoms with E-state index in [1.54, 1.807) is 0 Å². The predicted molar refractivity (Wildman–Crippen MR) is 49.6 cm³/mol. The highest BCUT2D eigenvalue weighted by Crippen LogP contribution is 2.55. The summed E-state index contributed by atoms with van der Waals surface area (Å²) in [5.74, 6) is -6.81. The fourth-order valence-corrected chi connectivity index (χ4v) is 3.34. The largest absolute Gasteiger partial charge is 0.481 e. The first-order valence-corrected chi connectivity index (χ1v) is 5.12. The summed E-state index contributed by atoms with van der Waals surface area (Å²) in [5.41, 5.74) is 0. The molecule has 0 radical (unpaired) electrons. The summed E-state index contributed by atoms with van der Waals surface area (Å²) < 4.78 is 0. The van der Waals surface area contributed by atoms with Crippen LogP contribution >= 0.6 is 0 Å². The number of rotatable bonds is 3. The Morgan fingerprint density at radius 1 is 0.812 bits per heavy atom. The number of fused-ring (bicyclic) bond motifs is 2. The van der Waals surface area contributed by atoms with Crippen molar-refractivity contribution in [2.45, 2.75) is 12.8 Å². The third kappa shape index (κ3) is 1.36. The van der Waals surface area contributed by atoms with Crippen LogP contribution in [0.5, 0.6) is 0 Å². The molecule has 0 aromatic carbocycles. The minimum atomic E-state index is -1.19. The van der Waals surface area contributed by atoms with E-state index in [0.717, 1.165) is 0 Å². The van der Waals surface area contributed by atoms with Gasteiger partial charge in [0.05, 0.1) is 17.8 Å². The Balaban J connectivity index is 2.29. The van der Waals surface area contributed by atoms with E-state index in [1.165, 1.54) is 0 Å². The molecular weight excluding hydrogens is 216 g/mol. The Kier molecular flexibility index (Phi) is 2.36. The molecule has 0 saturated heterocycles. The van der Waals surface area contributed by atoms with E-state index in [0.29, 0.717) is 12.8 Å². The third-order valence-corrected chi connectivity index (χ3v) is 3.89. The summed E-state index contributed by atoms with van der Waals surface area (Å²) in [6, 6.07) is 0. The van der Waals surface area contributed by atoms with E-state index in [4.69, 9.17) is 15.3 Å². The van der Waals surface area contributed by atoms with Crippen LogP contribution in [-0.2, 0) is 14.4 Å². The van der Waals surface area contributed by atoms with Crippen molar-refractivity contribution in [3.05, 3.63) is 0 Å². The second kappa shape index (κ2) is 3.47. The van der Waals surface area contributed by atoms with Crippen LogP contribution < -0.4 is 0 Å². The smallest absolute Gasteiger partial charge is 0.307 e. The Bertz CT molecular complexity index is 362. The molecule has 88 valence electrons. The van der Waals surface area contributed by atoms with Crippen molar-refractivity contribution in [1.29, 1.82) is 0 Å². The van der Waals surface area contributed by atoms with E-state index in [-0.39, 0.29) is 5.92 Å². The van der Waals surface area contributed by atoms with Crippen LogP contribution in [0.2, 0.25) is 0 Å². The summed E-state index contributed by atoms with van der Waals surface area (Å²) in [6.07, 6.45) is 0.700. The zero-order valence-electron chi connectivity index (χ0n) is 8.37. The maximum Gasteiger partial charge on any atom is 0.307 e. The van der Waals surface area contributed by atoms with Crippen molar-refractivity contribution in [1.82, 2.24) is 0 Å². The minimum Gasteiger partial charge on any atom is -0.481 e. The summed E-state index contributed by atoms with van der Waals surface area (Å²) in [5, 5.41) is 26.9. The van der Waals surface area contributed by atoms with Crippen molar-refractivity contribution in [2.24, 2.45) is 29.6 Å². The Morgan fingerprint density at radius 3 is 1.81 bits per heavy atom. The van der Waals surface area contributed by atoms with Crippen molar-refractivity contribution >= 4 is 17.9 Å². The number of carbonyl (C=O) groups is 3. The Labute approximate surface area is 90.9 Å². The molecule has 2 aliphatic carbocycles. The van der Waals surface area contributed by atoms with Gasteiger partial charge < -0.3 is 15.3 Å². The summed E-state index contributed by atoms with van der Waals surface area (Å²) >= 11 is 0. The molecule has 2 saturated carbocycles. The molecule has 0 aromatic heterocycles. The van der Waals surface area contributed by atoms with Crippen LogP contribution in [0, 0.1) is 29.6 Å². The first-order chi connectivity index (χ1) is 7.43. The van der Waals surface area contributed by atoms with Crippen molar-refractivity contribution < 1.29 is 29.7 Å². The molecule has 2 rings (SSSR count). The lowest BCUT2D eigenvalue weighted by Gasteiger charge is -2.28. The first kappa shape index (κ1) is 10.9. The molecule has 6 nitrogen and oxygen atoms in total. The fraction of sp³-hybridized carbons (Fsp3) is 0.700. The number of hydrogen-bond acceptors (Lipinski definition) is 3. The molecule has 6 heteroatoms. The van der Waals surface area contributed by atoms with Crippen molar-refractivity contribution in [3.63, 3.8) is 0 Å². The molecular formula is C10H12O6. The zero-order valence-corrected chi connectivity index (χ0v) is 8.37. The maximum atomic E-state index is 11.0. The van der Waals surface area contributed by atoms with Crippen molar-refractivity contribution in [3.8, 4) is 0 Å². The monoisotopic (exact) mass is 228 g/mol. The van der Waals surface area contributed by atoms with E-state index in [2.05, 4.69) is 0 Å². The van der Waals surface area contributed by atoms with Gasteiger partial charge in [-0.2, -0.15) is 0 Å². The standard InChI is InChI=1S/C10H12O6/c11-8(12)5-2-3-1-4(5)7(10(15)16)6(3)9(13)14/h3-7H,1-2H2,(H,11,12)(H,13,14)(H,15,16)/t3?,4?,5-,6+,7-/m0/s1. The lowest BCUT2D eigenvalue weighted by atomic mass is 9.74. The van der Waals surface area contributed by atoms with Gasteiger partial charge in [-0.15, -0.1) is 0 Å². The van der Waals surface area contributed by atoms with Gasteiger partial charge >= 0.3 is 17.9 Å². The molecule has 2 bridgehead atoms. The number of aliphatic carboxylic acids is 3. The Hall–Kier alpha value is -1.59. The number of carboxylic acid groups (broad SMARTS) is 3. The first-order valence-electron chi connectivity index (χ1n) is 5.12. The number of carboxylic acids is 3. The average molecular weight is 228 g/mol. The van der Waals surface area contributed by atoms with Crippen LogP contribution in [0.3, 0.4) is 0 Å². The average Bonchev–Trinajstić information content (AvgIpc) is 2.72. The van der Waals surface area contributed by atoms with Gasteiger partial charge in [0.25, 0.3) is 0 Å². The van der Waals surface area contributed by atoms with Crippen LogP contribution in [-0.4, -0.2) is 33.2 Å². The van der Waals surface area contributed by atoms with Crippen LogP contribution in [0.15, 0.2) is 0 Å². The van der Waals surface area contributed by atoms with Gasteiger partial charge in [0.15, 0.2) is 0 Å². The van der Waals surface area contributed by atoms with Gasteiger partial charge in [0.2, 0.25) is 0 Å². The van der Waals surface area contributed by atoms with Gasteiger partial charge in [0, 0.05) is 0 Å². The molecule has 3 N–H and O–H groups in total. The Morgan fingerprint density at radius 2 is 1.38 bits per heavy atom. The summed E-state index contributed by atoms with van der Waals surface area (Å²) in [4.78, 5) is 32.9. The molecule has 0 aliphatic heterocycles. The lowest BCUT2D eigenvalue weighted by molar-refractivity contribution is -0.160. The molecule has 2 unspecified atom stereocenters. The van der Waals surface area contributed by atoms with Gasteiger partial charge in [0.1, 0.15) is 0 Å². The summed E-state index contributed by atoms with van der Waals surface area (Å²) in [6.45, 7) is 0. The quantitative estimate of drug-likeness (QED) is 0.632. The molecule has 0 spiro atoms. The van der Waals surface area contributed by atoms with Crippen LogP contribution in [0.1, 0.15) is 12.8 Å². The van der Waals surface area contributed by atoms with E-state index in [1.807, 2.05) is 0 Å². The highest BCUT2D eigenvalue weighted by molar-refractivity contribution is 5.83. The van der Waals surface area contributed by atoms with Crippen molar-refractivity contribution in [2.75, 3.05) is 0 Å². The van der Waals surface area contributed by atoms with E-state index in [9.17, 15) is 14.4 Å². The normalized spacial score (nSPS) is 40.9. The lowest BCUT2D eigenvalue weighted by Crippen LogP contribution is -2.40. The minimum absolute atomic E-state index is 0.292. The molecule has 0 heterocycles. The van der Waals surface area contributed by atoms with Gasteiger partial charge in [-0.05, 0) is 24.7 Å². The van der Waals surface area contributed by atoms with Gasteiger partial charge in [-0.1, -0.05) is 0 Å². The molecule has 5 atom stereocenters. The van der Waals surface area contributed by atoms with Crippen LogP contribution in [0.25, 0.3) is 0 Å². The molecule has 0 aromatic rings. The van der Waals surface area contributed by atoms with Crippen LogP contribution in [0.4, 0.5) is 0 Å². The molecule has 2 fully saturated rings. The summed E-state index contributed by atoms with van der Waals surface area (Å²) in [7, 11) is 0. The third-order valence-electron chi connectivity index (χ3n) is 3.89. The SMILES string of the molecule is O=C(O)[C@H]1CC2CC1[C@H](C(=O)O)[C@@H]2C(=O)O. The number of hydrogen-bond donors (Lipinski definition) is 3. The molecule has 2 aliphatic rings. The van der Waals surface area contributed by atoms with E-state index >= 15 is 0 Å².